The second-order valence-corrected chi connectivity index (χ2v) is 3.12. The molecule has 0 bridgehead atoms. The number of carbonyl (C=O) groups excluding carboxylic acids is 1. The van der Waals surface area contributed by atoms with E-state index in [1.807, 2.05) is 0 Å². The van der Waals surface area contributed by atoms with E-state index in [1.165, 1.54) is 6.33 Å². The van der Waals surface area contributed by atoms with Crippen molar-refractivity contribution in [3.05, 3.63) is 6.33 Å². The lowest BCUT2D eigenvalue weighted by Crippen LogP contribution is -2.17. The van der Waals surface area contributed by atoms with Crippen molar-refractivity contribution < 1.29 is 4.79 Å². The first kappa shape index (κ1) is 10.3. The average molecular weight is 221 g/mol. The van der Waals surface area contributed by atoms with E-state index in [1.54, 1.807) is 0 Å². The standard InChI is InChI=1S/C8H11N7O/c9-2-1-4(16)13-7-5-6(12-3-11-5)14-8(10)15-7/h3H,1-2,9H2,(H4,10,11,12,13,14,15,16). The Morgan fingerprint density at radius 1 is 1.50 bits per heavy atom. The quantitative estimate of drug-likeness (QED) is 0.537. The van der Waals surface area contributed by atoms with Crippen LogP contribution >= 0.6 is 0 Å². The zero-order valence-electron chi connectivity index (χ0n) is 8.40. The van der Waals surface area contributed by atoms with Gasteiger partial charge in [-0.3, -0.25) is 4.79 Å². The number of hydrogen-bond acceptors (Lipinski definition) is 6. The summed E-state index contributed by atoms with van der Waals surface area (Å²) in [6, 6.07) is 0. The predicted octanol–water partition coefficient (Wildman–Crippen LogP) is -0.778. The predicted molar refractivity (Wildman–Crippen MR) is 58.4 cm³/mol. The summed E-state index contributed by atoms with van der Waals surface area (Å²) < 4.78 is 0. The van der Waals surface area contributed by atoms with Gasteiger partial charge in [0.05, 0.1) is 6.33 Å². The number of anilines is 2. The van der Waals surface area contributed by atoms with Crippen molar-refractivity contribution in [3.63, 3.8) is 0 Å². The minimum Gasteiger partial charge on any atom is -0.368 e. The van der Waals surface area contributed by atoms with Crippen LogP contribution in [0.3, 0.4) is 0 Å². The van der Waals surface area contributed by atoms with Crippen molar-refractivity contribution in [3.8, 4) is 0 Å². The van der Waals surface area contributed by atoms with Gasteiger partial charge >= 0.3 is 0 Å². The molecule has 2 aromatic heterocycles. The first-order valence-corrected chi connectivity index (χ1v) is 4.67. The second kappa shape index (κ2) is 4.11. The summed E-state index contributed by atoms with van der Waals surface area (Å²) in [7, 11) is 0. The summed E-state index contributed by atoms with van der Waals surface area (Å²) in [4.78, 5) is 25.9. The van der Waals surface area contributed by atoms with Gasteiger partial charge in [-0.2, -0.15) is 9.97 Å². The molecule has 2 aromatic rings. The van der Waals surface area contributed by atoms with E-state index in [2.05, 4.69) is 25.3 Å². The maximum atomic E-state index is 11.4. The Balaban J connectivity index is 2.35. The molecule has 0 saturated heterocycles. The number of aromatic nitrogens is 4. The van der Waals surface area contributed by atoms with Gasteiger partial charge in [-0.15, -0.1) is 0 Å². The lowest BCUT2D eigenvalue weighted by atomic mass is 10.4. The van der Waals surface area contributed by atoms with E-state index in [4.69, 9.17) is 11.5 Å². The van der Waals surface area contributed by atoms with Crippen LogP contribution in [0, 0.1) is 0 Å². The minimum absolute atomic E-state index is 0.0580. The van der Waals surface area contributed by atoms with Gasteiger partial charge < -0.3 is 21.8 Å². The number of fused-ring (bicyclic) bond motifs is 1. The number of aromatic amines is 1. The zero-order valence-corrected chi connectivity index (χ0v) is 8.40. The molecule has 2 rings (SSSR count). The van der Waals surface area contributed by atoms with E-state index >= 15 is 0 Å². The molecule has 0 unspecified atom stereocenters. The Hall–Kier alpha value is -2.22. The molecule has 8 nitrogen and oxygen atoms in total. The van der Waals surface area contributed by atoms with Gasteiger partial charge in [-0.1, -0.05) is 0 Å². The molecule has 0 aliphatic carbocycles. The number of carbonyl (C=O) groups is 1. The number of nitrogens with one attached hydrogen (secondary N) is 2. The smallest absolute Gasteiger partial charge is 0.226 e. The van der Waals surface area contributed by atoms with Crippen molar-refractivity contribution in [2.45, 2.75) is 6.42 Å². The SMILES string of the molecule is NCCC(=O)Nc1nc(N)nc2nc[nH]c12. The normalized spacial score (nSPS) is 10.6. The first-order chi connectivity index (χ1) is 7.70. The Labute approximate surface area is 90.5 Å². The van der Waals surface area contributed by atoms with Gasteiger partial charge in [0.15, 0.2) is 11.5 Å². The van der Waals surface area contributed by atoms with Crippen molar-refractivity contribution in [2.24, 2.45) is 5.73 Å². The molecule has 0 aliphatic rings. The summed E-state index contributed by atoms with van der Waals surface area (Å²) in [5.41, 5.74) is 11.7. The lowest BCUT2D eigenvalue weighted by molar-refractivity contribution is -0.116. The van der Waals surface area contributed by atoms with Gasteiger partial charge in [0.2, 0.25) is 11.9 Å². The van der Waals surface area contributed by atoms with Crippen LogP contribution in [0.4, 0.5) is 11.8 Å². The largest absolute Gasteiger partial charge is 0.368 e. The van der Waals surface area contributed by atoms with Gasteiger partial charge in [-0.25, -0.2) is 4.98 Å². The molecule has 8 heteroatoms. The molecule has 0 saturated carbocycles. The summed E-state index contributed by atoms with van der Waals surface area (Å²) in [6.45, 7) is 0.276. The molecule has 84 valence electrons. The maximum Gasteiger partial charge on any atom is 0.226 e. The molecule has 0 aromatic carbocycles. The van der Waals surface area contributed by atoms with Crippen molar-refractivity contribution in [1.82, 2.24) is 19.9 Å². The Morgan fingerprint density at radius 3 is 3.06 bits per heavy atom. The molecule has 0 aliphatic heterocycles. The summed E-state index contributed by atoms with van der Waals surface area (Å²) in [5, 5.41) is 2.59. The van der Waals surface area contributed by atoms with Gasteiger partial charge in [0.25, 0.3) is 0 Å². The third-order valence-corrected chi connectivity index (χ3v) is 1.93. The number of amides is 1. The summed E-state index contributed by atoms with van der Waals surface area (Å²) in [6.07, 6.45) is 1.68. The fraction of sp³-hybridized carbons (Fsp3) is 0.250. The molecule has 0 radical (unpaired) electrons. The number of nitrogen functional groups attached to an aromatic ring is 1. The molecule has 2 heterocycles. The van der Waals surface area contributed by atoms with Crippen LogP contribution in [0.2, 0.25) is 0 Å². The molecular weight excluding hydrogens is 210 g/mol. The van der Waals surface area contributed by atoms with Crippen molar-refractivity contribution >= 4 is 28.8 Å². The molecule has 16 heavy (non-hydrogen) atoms. The molecular formula is C8H11N7O. The summed E-state index contributed by atoms with van der Waals surface area (Å²) >= 11 is 0. The second-order valence-electron chi connectivity index (χ2n) is 3.12. The van der Waals surface area contributed by atoms with Crippen LogP contribution in [0.15, 0.2) is 6.33 Å². The highest BCUT2D eigenvalue weighted by Gasteiger charge is 2.10. The van der Waals surface area contributed by atoms with Crippen LogP contribution in [0.1, 0.15) is 6.42 Å². The lowest BCUT2D eigenvalue weighted by Gasteiger charge is -2.04. The topological polar surface area (TPSA) is 136 Å². The minimum atomic E-state index is -0.225. The van der Waals surface area contributed by atoms with Crippen LogP contribution in [0.5, 0.6) is 0 Å². The highest BCUT2D eigenvalue weighted by atomic mass is 16.1. The third kappa shape index (κ3) is 1.91. The van der Waals surface area contributed by atoms with Crippen LogP contribution in [-0.2, 0) is 4.79 Å². The van der Waals surface area contributed by atoms with E-state index < -0.39 is 0 Å². The van der Waals surface area contributed by atoms with E-state index in [9.17, 15) is 4.79 Å². The molecule has 6 N–H and O–H groups in total. The molecule has 0 atom stereocenters. The number of H-pyrrole nitrogens is 1. The van der Waals surface area contributed by atoms with Crippen LogP contribution in [0.25, 0.3) is 11.2 Å². The van der Waals surface area contributed by atoms with Crippen LogP contribution < -0.4 is 16.8 Å². The Kier molecular flexibility index (Phi) is 2.64. The number of nitrogens with two attached hydrogens (primary N) is 2. The Bertz CT molecular complexity index is 520. The summed E-state index contributed by atoms with van der Waals surface area (Å²) in [5.74, 6) is 0.151. The van der Waals surface area contributed by atoms with Crippen molar-refractivity contribution in [1.29, 1.82) is 0 Å². The fourth-order valence-corrected chi connectivity index (χ4v) is 1.27. The number of imidazole rings is 1. The van der Waals surface area contributed by atoms with Crippen molar-refractivity contribution in [2.75, 3.05) is 17.6 Å². The number of nitrogens with zero attached hydrogens (tertiary/aromatic N) is 3. The number of hydrogen-bond donors (Lipinski definition) is 4. The first-order valence-electron chi connectivity index (χ1n) is 4.67. The van der Waals surface area contributed by atoms with Gasteiger partial charge in [-0.05, 0) is 0 Å². The van der Waals surface area contributed by atoms with E-state index in [0.29, 0.717) is 17.0 Å². The van der Waals surface area contributed by atoms with Crippen LogP contribution in [-0.4, -0.2) is 32.4 Å². The Morgan fingerprint density at radius 2 is 2.31 bits per heavy atom. The fourth-order valence-electron chi connectivity index (χ4n) is 1.27. The van der Waals surface area contributed by atoms with Gasteiger partial charge in [0, 0.05) is 13.0 Å². The van der Waals surface area contributed by atoms with E-state index in [-0.39, 0.29) is 24.8 Å². The average Bonchev–Trinajstić information content (AvgIpc) is 2.65. The zero-order chi connectivity index (χ0) is 11.5. The number of rotatable bonds is 3. The molecule has 0 fully saturated rings. The highest BCUT2D eigenvalue weighted by Crippen LogP contribution is 2.17. The third-order valence-electron chi connectivity index (χ3n) is 1.93. The highest BCUT2D eigenvalue weighted by molar-refractivity contribution is 5.97. The monoisotopic (exact) mass is 221 g/mol. The maximum absolute atomic E-state index is 11.4. The van der Waals surface area contributed by atoms with E-state index in [0.717, 1.165) is 0 Å². The van der Waals surface area contributed by atoms with Gasteiger partial charge in [0.1, 0.15) is 5.52 Å². The molecule has 1 amide bonds. The molecule has 0 spiro atoms.